The summed E-state index contributed by atoms with van der Waals surface area (Å²) in [6.07, 6.45) is 1.35. The molecule has 0 saturated carbocycles. The van der Waals surface area contributed by atoms with E-state index in [9.17, 15) is 9.59 Å². The van der Waals surface area contributed by atoms with E-state index in [1.165, 1.54) is 9.13 Å². The Morgan fingerprint density at radius 2 is 1.40 bits per heavy atom. The maximum absolute atomic E-state index is 12.3. The predicted molar refractivity (Wildman–Crippen MR) is 86.1 cm³/mol. The highest BCUT2D eigenvalue weighted by atomic mass is 127. The van der Waals surface area contributed by atoms with E-state index in [0.717, 1.165) is 6.42 Å². The van der Waals surface area contributed by atoms with E-state index in [1.54, 1.807) is 12.1 Å². The highest BCUT2D eigenvalue weighted by Gasteiger charge is 2.37. The van der Waals surface area contributed by atoms with Gasteiger partial charge in [-0.25, -0.2) is 0 Å². The molecule has 0 amide bonds. The van der Waals surface area contributed by atoms with Gasteiger partial charge in [0, 0.05) is 14.7 Å². The fourth-order valence-electron chi connectivity index (χ4n) is 2.67. The van der Waals surface area contributed by atoms with Crippen LogP contribution in [0.5, 0.6) is 0 Å². The fraction of sp³-hybridized carbons (Fsp3) is 0.176. The van der Waals surface area contributed by atoms with E-state index in [1.807, 2.05) is 30.3 Å². The molecule has 0 spiro atoms. The van der Waals surface area contributed by atoms with Gasteiger partial charge in [0.25, 0.3) is 0 Å². The van der Waals surface area contributed by atoms with Gasteiger partial charge in [0.15, 0.2) is 11.6 Å². The minimum atomic E-state index is -0.497. The molecule has 20 heavy (non-hydrogen) atoms. The van der Waals surface area contributed by atoms with Crippen LogP contribution in [-0.2, 0) is 6.42 Å². The SMILES string of the molecule is O=C1c2ccccc2C(=O)C1CCc1ccccc1I. The van der Waals surface area contributed by atoms with Crippen molar-refractivity contribution in [1.82, 2.24) is 0 Å². The third-order valence-corrected chi connectivity index (χ3v) is 4.80. The lowest BCUT2D eigenvalue weighted by Crippen LogP contribution is -2.16. The van der Waals surface area contributed by atoms with E-state index in [0.29, 0.717) is 17.5 Å². The largest absolute Gasteiger partial charge is 0.293 e. The number of carbonyl (C=O) groups is 2. The molecule has 3 heteroatoms. The van der Waals surface area contributed by atoms with Gasteiger partial charge in [0.05, 0.1) is 5.92 Å². The van der Waals surface area contributed by atoms with E-state index in [4.69, 9.17) is 0 Å². The third kappa shape index (κ3) is 2.30. The minimum Gasteiger partial charge on any atom is -0.293 e. The Labute approximate surface area is 131 Å². The molecule has 1 aliphatic rings. The third-order valence-electron chi connectivity index (χ3n) is 3.75. The highest BCUT2D eigenvalue weighted by molar-refractivity contribution is 14.1. The molecule has 3 rings (SSSR count). The number of halogens is 1. The first-order valence-corrected chi connectivity index (χ1v) is 7.67. The molecule has 2 aromatic rings. The number of ketones is 2. The zero-order chi connectivity index (χ0) is 14.1. The number of Topliss-reactive ketones (excluding diaryl/α,β-unsaturated/α-hetero) is 2. The van der Waals surface area contributed by atoms with Crippen molar-refractivity contribution < 1.29 is 9.59 Å². The lowest BCUT2D eigenvalue weighted by molar-refractivity contribution is 0.0831. The molecule has 100 valence electrons. The maximum atomic E-state index is 12.3. The molecule has 0 fully saturated rings. The maximum Gasteiger partial charge on any atom is 0.174 e. The molecule has 0 bridgehead atoms. The smallest absolute Gasteiger partial charge is 0.174 e. The summed E-state index contributed by atoms with van der Waals surface area (Å²) in [5.41, 5.74) is 2.38. The van der Waals surface area contributed by atoms with Crippen LogP contribution >= 0.6 is 22.6 Å². The van der Waals surface area contributed by atoms with Crippen LogP contribution in [0.15, 0.2) is 48.5 Å². The average molecular weight is 376 g/mol. The summed E-state index contributed by atoms with van der Waals surface area (Å²) < 4.78 is 1.18. The zero-order valence-corrected chi connectivity index (χ0v) is 13.0. The normalized spacial score (nSPS) is 14.7. The molecule has 0 radical (unpaired) electrons. The van der Waals surface area contributed by atoms with Crippen LogP contribution in [0.2, 0.25) is 0 Å². The van der Waals surface area contributed by atoms with E-state index in [2.05, 4.69) is 28.7 Å². The second-order valence-electron chi connectivity index (χ2n) is 4.96. The van der Waals surface area contributed by atoms with Gasteiger partial charge in [-0.15, -0.1) is 0 Å². The van der Waals surface area contributed by atoms with Crippen molar-refractivity contribution in [2.75, 3.05) is 0 Å². The molecule has 0 aromatic heterocycles. The number of carbonyl (C=O) groups excluding carboxylic acids is 2. The number of fused-ring (bicyclic) bond motifs is 1. The van der Waals surface area contributed by atoms with Crippen molar-refractivity contribution in [1.29, 1.82) is 0 Å². The fourth-order valence-corrected chi connectivity index (χ4v) is 3.33. The standard InChI is InChI=1S/C17H13IO2/c18-15-8-4-1-5-11(15)9-10-14-16(19)12-6-2-3-7-13(12)17(14)20/h1-8,14H,9-10H2. The van der Waals surface area contributed by atoms with Crippen LogP contribution in [0.4, 0.5) is 0 Å². The summed E-state index contributed by atoms with van der Waals surface area (Å²) in [5, 5.41) is 0. The molecule has 0 atom stereocenters. The highest BCUT2D eigenvalue weighted by Crippen LogP contribution is 2.30. The Bertz CT molecular complexity index is 656. The van der Waals surface area contributed by atoms with Crippen molar-refractivity contribution in [2.45, 2.75) is 12.8 Å². The second kappa shape index (κ2) is 5.48. The molecular weight excluding hydrogens is 363 g/mol. The van der Waals surface area contributed by atoms with Gasteiger partial charge >= 0.3 is 0 Å². The first-order chi connectivity index (χ1) is 9.68. The topological polar surface area (TPSA) is 34.1 Å². The Morgan fingerprint density at radius 1 is 0.850 bits per heavy atom. The van der Waals surface area contributed by atoms with Crippen LogP contribution in [0, 0.1) is 9.49 Å². The number of benzene rings is 2. The van der Waals surface area contributed by atoms with E-state index >= 15 is 0 Å². The molecule has 2 aromatic carbocycles. The van der Waals surface area contributed by atoms with Crippen LogP contribution in [0.25, 0.3) is 0 Å². The first kappa shape index (κ1) is 13.5. The molecule has 0 N–H and O–H groups in total. The van der Waals surface area contributed by atoms with Crippen LogP contribution in [-0.4, -0.2) is 11.6 Å². The van der Waals surface area contributed by atoms with E-state index in [-0.39, 0.29) is 11.6 Å². The van der Waals surface area contributed by atoms with Gasteiger partial charge in [-0.3, -0.25) is 9.59 Å². The van der Waals surface area contributed by atoms with Crippen molar-refractivity contribution in [2.24, 2.45) is 5.92 Å². The van der Waals surface area contributed by atoms with Gasteiger partial charge in [-0.2, -0.15) is 0 Å². The van der Waals surface area contributed by atoms with Gasteiger partial charge in [0.2, 0.25) is 0 Å². The summed E-state index contributed by atoms with van der Waals surface area (Å²) in [7, 11) is 0. The van der Waals surface area contributed by atoms with Gasteiger partial charge in [-0.1, -0.05) is 42.5 Å². The molecule has 0 unspecified atom stereocenters. The van der Waals surface area contributed by atoms with Gasteiger partial charge < -0.3 is 0 Å². The van der Waals surface area contributed by atoms with Crippen molar-refractivity contribution >= 4 is 34.2 Å². The molecule has 0 aliphatic heterocycles. The molecular formula is C17H13IO2. The average Bonchev–Trinajstić information content (AvgIpc) is 2.71. The number of aryl methyl sites for hydroxylation is 1. The first-order valence-electron chi connectivity index (χ1n) is 6.59. The summed E-state index contributed by atoms with van der Waals surface area (Å²) in [6, 6.07) is 15.2. The van der Waals surface area contributed by atoms with E-state index < -0.39 is 5.92 Å². The second-order valence-corrected chi connectivity index (χ2v) is 6.12. The number of hydrogen-bond donors (Lipinski definition) is 0. The summed E-state index contributed by atoms with van der Waals surface area (Å²) in [4.78, 5) is 24.6. The lowest BCUT2D eigenvalue weighted by Gasteiger charge is -2.08. The van der Waals surface area contributed by atoms with Gasteiger partial charge in [-0.05, 0) is 47.1 Å². The van der Waals surface area contributed by atoms with Crippen molar-refractivity contribution in [3.05, 3.63) is 68.8 Å². The molecule has 0 saturated heterocycles. The van der Waals surface area contributed by atoms with Crippen LogP contribution < -0.4 is 0 Å². The molecule has 2 nitrogen and oxygen atoms in total. The van der Waals surface area contributed by atoms with Crippen molar-refractivity contribution in [3.63, 3.8) is 0 Å². The Morgan fingerprint density at radius 3 is 2.00 bits per heavy atom. The summed E-state index contributed by atoms with van der Waals surface area (Å²) >= 11 is 2.29. The predicted octanol–water partition coefficient (Wildman–Crippen LogP) is 3.92. The minimum absolute atomic E-state index is 0.0171. The summed E-state index contributed by atoms with van der Waals surface area (Å²) in [5.74, 6) is -0.531. The molecule has 1 aliphatic carbocycles. The van der Waals surface area contributed by atoms with Crippen molar-refractivity contribution in [3.8, 4) is 0 Å². The Hall–Kier alpha value is -1.49. The summed E-state index contributed by atoms with van der Waals surface area (Å²) in [6.45, 7) is 0. The molecule has 0 heterocycles. The quantitative estimate of drug-likeness (QED) is 0.601. The Balaban J connectivity index is 1.79. The van der Waals surface area contributed by atoms with Crippen LogP contribution in [0.1, 0.15) is 32.7 Å². The Kier molecular flexibility index (Phi) is 3.70. The number of rotatable bonds is 3. The lowest BCUT2D eigenvalue weighted by atomic mass is 9.95. The van der Waals surface area contributed by atoms with Crippen LogP contribution in [0.3, 0.4) is 0 Å². The van der Waals surface area contributed by atoms with Gasteiger partial charge in [0.1, 0.15) is 0 Å². The zero-order valence-electron chi connectivity index (χ0n) is 10.8. The monoisotopic (exact) mass is 376 g/mol. The number of hydrogen-bond acceptors (Lipinski definition) is 2.